The highest BCUT2D eigenvalue weighted by atomic mass is 14.1. The molecule has 0 atom stereocenters. The smallest absolute Gasteiger partial charge is 0.0112 e. The maximum absolute atomic E-state index is 2.34. The van der Waals surface area contributed by atoms with Crippen LogP contribution in [0.4, 0.5) is 0 Å². The molecular weight excluding hydrogens is 300 g/mol. The summed E-state index contributed by atoms with van der Waals surface area (Å²) in [4.78, 5) is 0. The van der Waals surface area contributed by atoms with Gasteiger partial charge in [0.15, 0.2) is 0 Å². The molecule has 0 spiro atoms. The largest absolute Gasteiger partial charge is 0.0839 e. The molecule has 2 rings (SSSR count). The first-order valence-corrected chi connectivity index (χ1v) is 9.87. The Kier molecular flexibility index (Phi) is 7.98. The number of allylic oxidation sites excluding steroid dienone is 1. The van der Waals surface area contributed by atoms with Crippen molar-refractivity contribution in [3.63, 3.8) is 0 Å². The molecule has 0 saturated heterocycles. The predicted octanol–water partition coefficient (Wildman–Crippen LogP) is 8.14. The molecule has 0 unspecified atom stereocenters. The Morgan fingerprint density at radius 1 is 0.720 bits per heavy atom. The van der Waals surface area contributed by atoms with Crippen molar-refractivity contribution in [1.82, 2.24) is 0 Å². The van der Waals surface area contributed by atoms with Gasteiger partial charge in [0.05, 0.1) is 0 Å². The molecule has 2 aromatic carbocycles. The van der Waals surface area contributed by atoms with Crippen LogP contribution in [0.15, 0.2) is 60.7 Å². The van der Waals surface area contributed by atoms with E-state index in [1.807, 2.05) is 0 Å². The lowest BCUT2D eigenvalue weighted by Crippen LogP contribution is -2.03. The molecule has 0 heteroatoms. The maximum Gasteiger partial charge on any atom is -0.0112 e. The SMILES string of the molecule is CC(C)(C)CCCCCCC/C=C\c1ccccc1-c1ccccc1. The van der Waals surface area contributed by atoms with Crippen LogP contribution in [0.5, 0.6) is 0 Å². The summed E-state index contributed by atoms with van der Waals surface area (Å²) >= 11 is 0. The average Bonchev–Trinajstić information content (AvgIpc) is 2.60. The number of rotatable bonds is 9. The minimum atomic E-state index is 0.495. The van der Waals surface area contributed by atoms with Crippen molar-refractivity contribution in [3.05, 3.63) is 66.2 Å². The molecule has 134 valence electrons. The van der Waals surface area contributed by atoms with Crippen LogP contribution in [0.25, 0.3) is 17.2 Å². The van der Waals surface area contributed by atoms with E-state index in [0.717, 1.165) is 0 Å². The number of hydrogen-bond donors (Lipinski definition) is 0. The third-order valence-electron chi connectivity index (χ3n) is 4.64. The zero-order valence-corrected chi connectivity index (χ0v) is 16.3. The van der Waals surface area contributed by atoms with Crippen molar-refractivity contribution in [2.24, 2.45) is 5.41 Å². The lowest BCUT2D eigenvalue weighted by atomic mass is 9.89. The molecule has 0 radical (unpaired) electrons. The second-order valence-electron chi connectivity index (χ2n) is 8.22. The van der Waals surface area contributed by atoms with E-state index in [2.05, 4.69) is 87.5 Å². The van der Waals surface area contributed by atoms with Crippen LogP contribution < -0.4 is 0 Å². The summed E-state index contributed by atoms with van der Waals surface area (Å²) in [5, 5.41) is 0. The van der Waals surface area contributed by atoms with E-state index in [0.29, 0.717) is 5.41 Å². The standard InChI is InChI=1S/C25H34/c1-25(2,3)21-15-8-6-4-5-7-10-16-23-19-13-14-20-24(23)22-17-11-9-12-18-22/h9-14,16-20H,4-8,15,21H2,1-3H3/b16-10-. The van der Waals surface area contributed by atoms with E-state index in [1.54, 1.807) is 0 Å². The Morgan fingerprint density at radius 2 is 1.36 bits per heavy atom. The van der Waals surface area contributed by atoms with Crippen LogP contribution in [-0.2, 0) is 0 Å². The van der Waals surface area contributed by atoms with Gasteiger partial charge in [0, 0.05) is 0 Å². The Balaban J connectivity index is 1.73. The highest BCUT2D eigenvalue weighted by Gasteiger charge is 2.08. The zero-order valence-electron chi connectivity index (χ0n) is 16.3. The van der Waals surface area contributed by atoms with E-state index in [1.165, 1.54) is 61.6 Å². The van der Waals surface area contributed by atoms with Gasteiger partial charge in [-0.2, -0.15) is 0 Å². The monoisotopic (exact) mass is 334 g/mol. The van der Waals surface area contributed by atoms with Crippen LogP contribution >= 0.6 is 0 Å². The summed E-state index contributed by atoms with van der Waals surface area (Å²) in [6, 6.07) is 19.3. The van der Waals surface area contributed by atoms with Crippen LogP contribution in [0.3, 0.4) is 0 Å². The fraction of sp³-hybridized carbons (Fsp3) is 0.440. The molecule has 0 aliphatic heterocycles. The van der Waals surface area contributed by atoms with Crippen LogP contribution in [0.1, 0.15) is 71.3 Å². The number of unbranched alkanes of at least 4 members (excludes halogenated alkanes) is 5. The van der Waals surface area contributed by atoms with Gasteiger partial charge in [0.25, 0.3) is 0 Å². The van der Waals surface area contributed by atoms with E-state index >= 15 is 0 Å². The van der Waals surface area contributed by atoms with Gasteiger partial charge in [-0.1, -0.05) is 113 Å². The highest BCUT2D eigenvalue weighted by molar-refractivity contribution is 5.75. The molecule has 0 aliphatic carbocycles. The summed E-state index contributed by atoms with van der Waals surface area (Å²) in [6.45, 7) is 7.02. The van der Waals surface area contributed by atoms with Gasteiger partial charge in [-0.25, -0.2) is 0 Å². The van der Waals surface area contributed by atoms with Gasteiger partial charge in [0.2, 0.25) is 0 Å². The van der Waals surface area contributed by atoms with Crippen LogP contribution in [0.2, 0.25) is 0 Å². The molecule has 25 heavy (non-hydrogen) atoms. The second kappa shape index (κ2) is 10.2. The molecule has 0 nitrogen and oxygen atoms in total. The third-order valence-corrected chi connectivity index (χ3v) is 4.64. The minimum absolute atomic E-state index is 0.495. The van der Waals surface area contributed by atoms with Crippen LogP contribution in [-0.4, -0.2) is 0 Å². The van der Waals surface area contributed by atoms with Gasteiger partial charge in [-0.15, -0.1) is 0 Å². The fourth-order valence-electron chi connectivity index (χ4n) is 3.18. The molecule has 0 heterocycles. The lowest BCUT2D eigenvalue weighted by molar-refractivity contribution is 0.356. The van der Waals surface area contributed by atoms with Crippen molar-refractivity contribution in [3.8, 4) is 11.1 Å². The summed E-state index contributed by atoms with van der Waals surface area (Å²) < 4.78 is 0. The fourth-order valence-corrected chi connectivity index (χ4v) is 3.18. The predicted molar refractivity (Wildman–Crippen MR) is 113 cm³/mol. The van der Waals surface area contributed by atoms with Gasteiger partial charge in [-0.05, 0) is 41.4 Å². The Hall–Kier alpha value is -1.82. The molecule has 0 fully saturated rings. The molecule has 0 aromatic heterocycles. The van der Waals surface area contributed by atoms with Gasteiger partial charge >= 0.3 is 0 Å². The molecule has 0 amide bonds. The Bertz CT molecular complexity index is 629. The first-order chi connectivity index (χ1) is 12.1. The molecule has 0 N–H and O–H groups in total. The van der Waals surface area contributed by atoms with Crippen molar-refractivity contribution >= 4 is 6.08 Å². The first kappa shape index (κ1) is 19.5. The van der Waals surface area contributed by atoms with E-state index in [-0.39, 0.29) is 0 Å². The van der Waals surface area contributed by atoms with Crippen molar-refractivity contribution in [2.45, 2.75) is 65.7 Å². The zero-order chi connectivity index (χ0) is 18.0. The maximum atomic E-state index is 2.34. The number of hydrogen-bond acceptors (Lipinski definition) is 0. The quantitative estimate of drug-likeness (QED) is 0.406. The summed E-state index contributed by atoms with van der Waals surface area (Å²) in [5.41, 5.74) is 4.43. The van der Waals surface area contributed by atoms with Crippen molar-refractivity contribution < 1.29 is 0 Å². The van der Waals surface area contributed by atoms with Crippen LogP contribution in [0, 0.1) is 5.41 Å². The molecule has 0 aliphatic rings. The lowest BCUT2D eigenvalue weighted by Gasteiger charge is -2.17. The molecule has 0 bridgehead atoms. The van der Waals surface area contributed by atoms with E-state index < -0.39 is 0 Å². The second-order valence-corrected chi connectivity index (χ2v) is 8.22. The van der Waals surface area contributed by atoms with Gasteiger partial charge < -0.3 is 0 Å². The van der Waals surface area contributed by atoms with Gasteiger partial charge in [0.1, 0.15) is 0 Å². The average molecular weight is 335 g/mol. The van der Waals surface area contributed by atoms with Gasteiger partial charge in [-0.3, -0.25) is 0 Å². The van der Waals surface area contributed by atoms with Crippen molar-refractivity contribution in [2.75, 3.05) is 0 Å². The number of benzene rings is 2. The molecule has 2 aromatic rings. The summed E-state index contributed by atoms with van der Waals surface area (Å²) in [6.07, 6.45) is 14.0. The summed E-state index contributed by atoms with van der Waals surface area (Å²) in [7, 11) is 0. The normalized spacial score (nSPS) is 12.0. The summed E-state index contributed by atoms with van der Waals surface area (Å²) in [5.74, 6) is 0. The Labute approximate surface area is 155 Å². The molecule has 0 saturated carbocycles. The van der Waals surface area contributed by atoms with E-state index in [9.17, 15) is 0 Å². The molecular formula is C25H34. The first-order valence-electron chi connectivity index (χ1n) is 9.87. The topological polar surface area (TPSA) is 0 Å². The Morgan fingerprint density at radius 3 is 2.12 bits per heavy atom. The third kappa shape index (κ3) is 7.73. The van der Waals surface area contributed by atoms with E-state index in [4.69, 9.17) is 0 Å². The van der Waals surface area contributed by atoms with Crippen molar-refractivity contribution in [1.29, 1.82) is 0 Å². The minimum Gasteiger partial charge on any atom is -0.0839 e. The highest BCUT2D eigenvalue weighted by Crippen LogP contribution is 2.25.